The third-order valence-electron chi connectivity index (χ3n) is 3.95. The first kappa shape index (κ1) is 13.5. The summed E-state index contributed by atoms with van der Waals surface area (Å²) in [7, 11) is 0. The zero-order chi connectivity index (χ0) is 12.6. The van der Waals surface area contributed by atoms with Crippen molar-refractivity contribution in [1.82, 2.24) is 0 Å². The molecule has 0 spiro atoms. The Labute approximate surface area is 97.9 Å². The fourth-order valence-electron chi connectivity index (χ4n) is 3.37. The second kappa shape index (κ2) is 4.36. The Balaban J connectivity index is 2.92. The standard InChI is InChI=1S/C13H24O3/c1-5-6-13(16,11(14)15)10-8-12(3,4)7-9(10)2/h9-10,16H,5-8H2,1-4H3,(H,14,15). The molecule has 1 saturated carbocycles. The van der Waals surface area contributed by atoms with Crippen LogP contribution in [-0.2, 0) is 4.79 Å². The SMILES string of the molecule is CCCC(O)(C(=O)O)C1CC(C)(C)CC1C. The van der Waals surface area contributed by atoms with Gasteiger partial charge in [-0.05, 0) is 30.6 Å². The molecule has 3 atom stereocenters. The number of carbonyl (C=O) groups is 1. The van der Waals surface area contributed by atoms with Crippen LogP contribution < -0.4 is 0 Å². The molecule has 0 heterocycles. The van der Waals surface area contributed by atoms with Gasteiger partial charge in [0.2, 0.25) is 0 Å². The van der Waals surface area contributed by atoms with E-state index in [-0.39, 0.29) is 17.3 Å². The Hall–Kier alpha value is -0.570. The van der Waals surface area contributed by atoms with E-state index in [1.54, 1.807) is 0 Å². The quantitative estimate of drug-likeness (QED) is 0.777. The van der Waals surface area contributed by atoms with E-state index in [1.807, 2.05) is 6.92 Å². The van der Waals surface area contributed by atoms with Gasteiger partial charge in [0, 0.05) is 5.92 Å². The smallest absolute Gasteiger partial charge is 0.335 e. The Bertz CT molecular complexity index is 272. The zero-order valence-electron chi connectivity index (χ0n) is 10.8. The number of carboxylic acid groups (broad SMARTS) is 1. The molecule has 0 aromatic carbocycles. The fourth-order valence-corrected chi connectivity index (χ4v) is 3.37. The van der Waals surface area contributed by atoms with Crippen LogP contribution in [0.25, 0.3) is 0 Å². The number of hydrogen-bond acceptors (Lipinski definition) is 2. The summed E-state index contributed by atoms with van der Waals surface area (Å²) in [5, 5.41) is 19.7. The van der Waals surface area contributed by atoms with Gasteiger partial charge < -0.3 is 10.2 Å². The van der Waals surface area contributed by atoms with E-state index >= 15 is 0 Å². The first-order valence-corrected chi connectivity index (χ1v) is 6.18. The van der Waals surface area contributed by atoms with Crippen molar-refractivity contribution in [1.29, 1.82) is 0 Å². The lowest BCUT2D eigenvalue weighted by Crippen LogP contribution is -2.47. The minimum atomic E-state index is -1.53. The van der Waals surface area contributed by atoms with Gasteiger partial charge in [0.1, 0.15) is 0 Å². The maximum atomic E-state index is 11.3. The van der Waals surface area contributed by atoms with E-state index in [0.29, 0.717) is 12.8 Å². The van der Waals surface area contributed by atoms with Crippen molar-refractivity contribution >= 4 is 5.97 Å². The maximum absolute atomic E-state index is 11.3. The summed E-state index contributed by atoms with van der Waals surface area (Å²) in [5.74, 6) is -0.883. The van der Waals surface area contributed by atoms with E-state index in [2.05, 4.69) is 20.8 Å². The monoisotopic (exact) mass is 228 g/mol. The second-order valence-corrected chi connectivity index (χ2v) is 6.14. The van der Waals surface area contributed by atoms with Crippen molar-refractivity contribution in [2.75, 3.05) is 0 Å². The topological polar surface area (TPSA) is 57.5 Å². The van der Waals surface area contributed by atoms with Crippen molar-refractivity contribution in [3.05, 3.63) is 0 Å². The fraction of sp³-hybridized carbons (Fsp3) is 0.923. The molecule has 0 amide bonds. The van der Waals surface area contributed by atoms with Gasteiger partial charge in [0.25, 0.3) is 0 Å². The lowest BCUT2D eigenvalue weighted by atomic mass is 9.77. The van der Waals surface area contributed by atoms with E-state index in [4.69, 9.17) is 0 Å². The maximum Gasteiger partial charge on any atom is 0.335 e. The molecule has 2 N–H and O–H groups in total. The van der Waals surface area contributed by atoms with Gasteiger partial charge in [-0.3, -0.25) is 0 Å². The van der Waals surface area contributed by atoms with Crippen LogP contribution >= 0.6 is 0 Å². The molecular weight excluding hydrogens is 204 g/mol. The molecule has 1 aliphatic rings. The molecule has 0 radical (unpaired) electrons. The molecule has 1 aliphatic carbocycles. The van der Waals surface area contributed by atoms with E-state index in [9.17, 15) is 15.0 Å². The third-order valence-corrected chi connectivity index (χ3v) is 3.95. The Morgan fingerprint density at radius 3 is 2.31 bits per heavy atom. The summed E-state index contributed by atoms with van der Waals surface area (Å²) in [4.78, 5) is 11.3. The Morgan fingerprint density at radius 2 is 2.00 bits per heavy atom. The highest BCUT2D eigenvalue weighted by molar-refractivity contribution is 5.77. The van der Waals surface area contributed by atoms with Crippen LogP contribution in [0.1, 0.15) is 53.4 Å². The molecule has 3 unspecified atom stereocenters. The highest BCUT2D eigenvalue weighted by Crippen LogP contribution is 2.50. The average Bonchev–Trinajstić information content (AvgIpc) is 2.40. The molecule has 0 aliphatic heterocycles. The predicted molar refractivity (Wildman–Crippen MR) is 63.2 cm³/mol. The highest BCUT2D eigenvalue weighted by atomic mass is 16.4. The third kappa shape index (κ3) is 2.40. The molecule has 94 valence electrons. The first-order chi connectivity index (χ1) is 7.23. The lowest BCUT2D eigenvalue weighted by molar-refractivity contribution is -0.168. The zero-order valence-corrected chi connectivity index (χ0v) is 10.8. The Kier molecular flexibility index (Phi) is 3.68. The molecule has 1 fully saturated rings. The summed E-state index contributed by atoms with van der Waals surface area (Å²) in [6.07, 6.45) is 2.85. The number of carboxylic acids is 1. The van der Waals surface area contributed by atoms with Crippen LogP contribution in [-0.4, -0.2) is 21.8 Å². The summed E-state index contributed by atoms with van der Waals surface area (Å²) >= 11 is 0. The molecule has 0 aromatic rings. The predicted octanol–water partition coefficient (Wildman–Crippen LogP) is 2.67. The van der Waals surface area contributed by atoms with E-state index in [0.717, 1.165) is 12.8 Å². The number of aliphatic carboxylic acids is 1. The van der Waals surface area contributed by atoms with Crippen LogP contribution in [0.15, 0.2) is 0 Å². The van der Waals surface area contributed by atoms with Gasteiger partial charge in [0.05, 0.1) is 0 Å². The van der Waals surface area contributed by atoms with Crippen molar-refractivity contribution in [2.24, 2.45) is 17.3 Å². The average molecular weight is 228 g/mol. The molecule has 1 rings (SSSR count). The molecule has 0 saturated heterocycles. The van der Waals surface area contributed by atoms with Crippen LogP contribution in [0.3, 0.4) is 0 Å². The van der Waals surface area contributed by atoms with Gasteiger partial charge in [-0.2, -0.15) is 0 Å². The van der Waals surface area contributed by atoms with Gasteiger partial charge in [-0.25, -0.2) is 4.79 Å². The molecular formula is C13H24O3. The van der Waals surface area contributed by atoms with Gasteiger partial charge in [0.15, 0.2) is 5.60 Å². The van der Waals surface area contributed by atoms with Crippen LogP contribution in [0.4, 0.5) is 0 Å². The molecule has 0 aromatic heterocycles. The van der Waals surface area contributed by atoms with E-state index in [1.165, 1.54) is 0 Å². The summed E-state index contributed by atoms with van der Waals surface area (Å²) in [5.41, 5.74) is -1.37. The molecule has 3 nitrogen and oxygen atoms in total. The van der Waals surface area contributed by atoms with Crippen LogP contribution in [0.2, 0.25) is 0 Å². The van der Waals surface area contributed by atoms with Crippen molar-refractivity contribution < 1.29 is 15.0 Å². The lowest BCUT2D eigenvalue weighted by Gasteiger charge is -2.32. The second-order valence-electron chi connectivity index (χ2n) is 6.14. The van der Waals surface area contributed by atoms with Gasteiger partial charge >= 0.3 is 5.97 Å². The number of hydrogen-bond donors (Lipinski definition) is 2. The van der Waals surface area contributed by atoms with Crippen molar-refractivity contribution in [3.63, 3.8) is 0 Å². The summed E-state index contributed by atoms with van der Waals surface area (Å²) < 4.78 is 0. The normalized spacial score (nSPS) is 32.3. The van der Waals surface area contributed by atoms with Crippen LogP contribution in [0, 0.1) is 17.3 Å². The number of aliphatic hydroxyl groups is 1. The largest absolute Gasteiger partial charge is 0.479 e. The minimum absolute atomic E-state index is 0.111. The number of rotatable bonds is 4. The Morgan fingerprint density at radius 1 is 1.44 bits per heavy atom. The first-order valence-electron chi connectivity index (χ1n) is 6.18. The molecule has 0 bridgehead atoms. The summed E-state index contributed by atoms with van der Waals surface area (Å²) in [6.45, 7) is 8.27. The van der Waals surface area contributed by atoms with Gasteiger partial charge in [-0.15, -0.1) is 0 Å². The summed E-state index contributed by atoms with van der Waals surface area (Å²) in [6, 6.07) is 0. The van der Waals surface area contributed by atoms with Crippen molar-refractivity contribution in [2.45, 2.75) is 59.0 Å². The minimum Gasteiger partial charge on any atom is -0.479 e. The van der Waals surface area contributed by atoms with Crippen LogP contribution in [0.5, 0.6) is 0 Å². The van der Waals surface area contributed by atoms with Gasteiger partial charge in [-0.1, -0.05) is 34.1 Å². The molecule has 16 heavy (non-hydrogen) atoms. The highest BCUT2D eigenvalue weighted by Gasteiger charge is 2.51. The van der Waals surface area contributed by atoms with Crippen molar-refractivity contribution in [3.8, 4) is 0 Å². The molecule has 3 heteroatoms. The van der Waals surface area contributed by atoms with E-state index < -0.39 is 11.6 Å².